The van der Waals surface area contributed by atoms with Gasteiger partial charge in [-0.15, -0.1) is 0 Å². The van der Waals surface area contributed by atoms with E-state index >= 15 is 0 Å². The molecule has 0 aliphatic carbocycles. The molecule has 0 aliphatic heterocycles. The van der Waals surface area contributed by atoms with Gasteiger partial charge in [0.15, 0.2) is 0 Å². The minimum absolute atomic E-state index is 0.393. The van der Waals surface area contributed by atoms with E-state index in [1.54, 1.807) is 0 Å². The molecule has 0 radical (unpaired) electrons. The summed E-state index contributed by atoms with van der Waals surface area (Å²) in [5.74, 6) is 2.40. The normalized spacial score (nSPS) is 11.7. The largest absolute Gasteiger partial charge is 0.299 e. The molecular formula is C32H38N2. The van der Waals surface area contributed by atoms with Gasteiger partial charge < -0.3 is 0 Å². The van der Waals surface area contributed by atoms with Crippen LogP contribution in [-0.2, 0) is 6.42 Å². The van der Waals surface area contributed by atoms with Crippen molar-refractivity contribution < 1.29 is 0 Å². The van der Waals surface area contributed by atoms with E-state index in [1.807, 2.05) is 6.20 Å². The molecule has 4 rings (SSSR count). The molecule has 2 heteroatoms. The van der Waals surface area contributed by atoms with Gasteiger partial charge in [-0.3, -0.25) is 4.57 Å². The predicted octanol–water partition coefficient (Wildman–Crippen LogP) is 9.14. The highest BCUT2D eigenvalue weighted by atomic mass is 15.1. The van der Waals surface area contributed by atoms with Crippen LogP contribution in [0.3, 0.4) is 0 Å². The summed E-state index contributed by atoms with van der Waals surface area (Å²) < 4.78 is 2.29. The van der Waals surface area contributed by atoms with Gasteiger partial charge in [0, 0.05) is 18.0 Å². The zero-order valence-corrected chi connectivity index (χ0v) is 21.8. The maximum atomic E-state index is 4.74. The Balaban J connectivity index is 1.94. The average molecular weight is 451 g/mol. The number of imidazole rings is 1. The van der Waals surface area contributed by atoms with Crippen molar-refractivity contribution in [2.45, 2.75) is 72.6 Å². The van der Waals surface area contributed by atoms with Crippen molar-refractivity contribution in [1.82, 2.24) is 9.55 Å². The second-order valence-corrected chi connectivity index (χ2v) is 10.3. The van der Waals surface area contributed by atoms with E-state index in [4.69, 9.17) is 4.98 Å². The lowest BCUT2D eigenvalue weighted by molar-refractivity contribution is 0.833. The van der Waals surface area contributed by atoms with Crippen molar-refractivity contribution in [3.8, 4) is 28.2 Å². The first kappa shape index (κ1) is 24.0. The van der Waals surface area contributed by atoms with Crippen molar-refractivity contribution in [3.05, 3.63) is 95.3 Å². The van der Waals surface area contributed by atoms with Crippen LogP contribution in [0.4, 0.5) is 0 Å². The molecule has 0 N–H and O–H groups in total. The molecule has 0 fully saturated rings. The molecule has 0 unspecified atom stereocenters. The second-order valence-electron chi connectivity index (χ2n) is 10.3. The van der Waals surface area contributed by atoms with Gasteiger partial charge in [-0.25, -0.2) is 4.98 Å². The van der Waals surface area contributed by atoms with Gasteiger partial charge in [-0.05, 0) is 69.7 Å². The Morgan fingerprint density at radius 2 is 1.32 bits per heavy atom. The first-order chi connectivity index (χ1) is 16.3. The summed E-state index contributed by atoms with van der Waals surface area (Å²) in [7, 11) is 0. The van der Waals surface area contributed by atoms with Crippen LogP contribution in [0, 0.1) is 0 Å². The molecule has 2 nitrogen and oxygen atoms in total. The maximum absolute atomic E-state index is 4.74. The minimum Gasteiger partial charge on any atom is -0.299 e. The van der Waals surface area contributed by atoms with Crippen LogP contribution in [0.5, 0.6) is 0 Å². The van der Waals surface area contributed by atoms with Crippen LogP contribution < -0.4 is 0 Å². The predicted molar refractivity (Wildman–Crippen MR) is 146 cm³/mol. The number of hydrogen-bond acceptors (Lipinski definition) is 1. The van der Waals surface area contributed by atoms with Gasteiger partial charge in [0.1, 0.15) is 5.82 Å². The van der Waals surface area contributed by atoms with E-state index in [1.165, 1.54) is 39.1 Å². The van der Waals surface area contributed by atoms with Crippen molar-refractivity contribution in [1.29, 1.82) is 0 Å². The van der Waals surface area contributed by atoms with Crippen LogP contribution in [0.2, 0.25) is 0 Å². The lowest BCUT2D eigenvalue weighted by atomic mass is 9.87. The molecule has 0 saturated heterocycles. The van der Waals surface area contributed by atoms with Crippen molar-refractivity contribution in [2.75, 3.05) is 0 Å². The summed E-state index contributed by atoms with van der Waals surface area (Å²) in [6.07, 6.45) is 5.00. The Morgan fingerprint density at radius 1 is 0.706 bits per heavy atom. The molecule has 176 valence electrons. The Labute approximate surface area is 205 Å². The third-order valence-corrected chi connectivity index (χ3v) is 6.78. The van der Waals surface area contributed by atoms with Gasteiger partial charge in [-0.1, -0.05) is 97.0 Å². The van der Waals surface area contributed by atoms with Crippen LogP contribution in [0.15, 0.2) is 73.1 Å². The molecule has 0 aliphatic rings. The molecule has 0 atom stereocenters. The number of rotatable bonds is 7. The molecule has 3 aromatic carbocycles. The lowest BCUT2D eigenvalue weighted by Crippen LogP contribution is -2.07. The fourth-order valence-corrected chi connectivity index (χ4v) is 4.68. The van der Waals surface area contributed by atoms with Crippen LogP contribution in [-0.4, -0.2) is 9.55 Å². The number of hydrogen-bond donors (Lipinski definition) is 0. The Morgan fingerprint density at radius 3 is 1.88 bits per heavy atom. The van der Waals surface area contributed by atoms with Gasteiger partial charge in [-0.2, -0.15) is 0 Å². The average Bonchev–Trinajstić information content (AvgIpc) is 3.32. The van der Waals surface area contributed by atoms with Crippen molar-refractivity contribution >= 4 is 0 Å². The quantitative estimate of drug-likeness (QED) is 0.274. The molecule has 4 aromatic rings. The topological polar surface area (TPSA) is 17.8 Å². The second kappa shape index (κ2) is 10.0. The summed E-state index contributed by atoms with van der Waals surface area (Å²) in [5.41, 5.74) is 10.6. The highest BCUT2D eigenvalue weighted by molar-refractivity contribution is 5.72. The fraction of sp³-hybridized carbons (Fsp3) is 0.344. The fourth-order valence-electron chi connectivity index (χ4n) is 4.68. The molecule has 1 aromatic heterocycles. The SMILES string of the molecule is CCc1cc(-c2cc(C(C)C)cc(C(C)C)c2)cc(C(C)C)c1-n1ccnc1-c1ccccc1. The van der Waals surface area contributed by atoms with Crippen molar-refractivity contribution in [3.63, 3.8) is 0 Å². The standard InChI is InChI=1S/C32H38N2/c1-8-24-16-29(28-18-26(21(2)3)17-27(19-28)22(4)5)20-30(23(6)7)31(24)34-15-14-33-32(34)25-12-10-9-11-13-25/h9-23H,8H2,1-7H3. The summed E-state index contributed by atoms with van der Waals surface area (Å²) in [6.45, 7) is 16.0. The first-order valence-corrected chi connectivity index (χ1v) is 12.7. The monoisotopic (exact) mass is 450 g/mol. The molecule has 1 heterocycles. The summed E-state index contributed by atoms with van der Waals surface area (Å²) >= 11 is 0. The maximum Gasteiger partial charge on any atom is 0.144 e. The van der Waals surface area contributed by atoms with Crippen LogP contribution in [0.1, 0.15) is 88.5 Å². The van der Waals surface area contributed by atoms with E-state index < -0.39 is 0 Å². The van der Waals surface area contributed by atoms with E-state index in [0.29, 0.717) is 17.8 Å². The zero-order chi connectivity index (χ0) is 24.4. The molecule has 0 spiro atoms. The minimum atomic E-state index is 0.393. The van der Waals surface area contributed by atoms with E-state index in [-0.39, 0.29) is 0 Å². The summed E-state index contributed by atoms with van der Waals surface area (Å²) in [4.78, 5) is 4.74. The molecule has 34 heavy (non-hydrogen) atoms. The zero-order valence-electron chi connectivity index (χ0n) is 21.8. The van der Waals surface area contributed by atoms with E-state index in [0.717, 1.165) is 17.8 Å². The molecule has 0 bridgehead atoms. The van der Waals surface area contributed by atoms with E-state index in [9.17, 15) is 0 Å². The molecule has 0 amide bonds. The smallest absolute Gasteiger partial charge is 0.144 e. The van der Waals surface area contributed by atoms with Gasteiger partial charge >= 0.3 is 0 Å². The third kappa shape index (κ3) is 4.73. The van der Waals surface area contributed by atoms with Gasteiger partial charge in [0.25, 0.3) is 0 Å². The summed E-state index contributed by atoms with van der Waals surface area (Å²) in [6, 6.07) is 22.5. The number of benzene rings is 3. The molecular weight excluding hydrogens is 412 g/mol. The van der Waals surface area contributed by atoms with E-state index in [2.05, 4.69) is 120 Å². The first-order valence-electron chi connectivity index (χ1n) is 12.7. The Hall–Kier alpha value is -3.13. The molecule has 0 saturated carbocycles. The van der Waals surface area contributed by atoms with Crippen molar-refractivity contribution in [2.24, 2.45) is 0 Å². The number of nitrogens with zero attached hydrogens (tertiary/aromatic N) is 2. The Kier molecular flexibility index (Phi) is 7.07. The lowest BCUT2D eigenvalue weighted by Gasteiger charge is -2.22. The van der Waals surface area contributed by atoms with Crippen LogP contribution >= 0.6 is 0 Å². The third-order valence-electron chi connectivity index (χ3n) is 6.78. The van der Waals surface area contributed by atoms with Gasteiger partial charge in [0.2, 0.25) is 0 Å². The highest BCUT2D eigenvalue weighted by Crippen LogP contribution is 2.37. The number of aryl methyl sites for hydroxylation is 1. The van der Waals surface area contributed by atoms with Crippen LogP contribution in [0.25, 0.3) is 28.2 Å². The number of aromatic nitrogens is 2. The summed E-state index contributed by atoms with van der Waals surface area (Å²) in [5, 5.41) is 0. The Bertz CT molecular complexity index is 1230. The van der Waals surface area contributed by atoms with Gasteiger partial charge in [0.05, 0.1) is 5.69 Å². The highest BCUT2D eigenvalue weighted by Gasteiger charge is 2.19.